The molecule has 0 N–H and O–H groups in total. The molecule has 0 aliphatic heterocycles. The summed E-state index contributed by atoms with van der Waals surface area (Å²) in [6.45, 7) is 0. The molecular weight excluding hydrogens is 134 g/mol. The molecular formula is C5H3N3O2. The Balaban J connectivity index is 3.31. The van der Waals surface area contributed by atoms with E-state index >= 15 is 0 Å². The lowest BCUT2D eigenvalue weighted by atomic mass is 10.4. The third kappa shape index (κ3) is 0.821. The van der Waals surface area contributed by atoms with E-state index in [4.69, 9.17) is 5.26 Å². The number of aromatic nitrogens is 2. The summed E-state index contributed by atoms with van der Waals surface area (Å²) >= 11 is 0. The number of rotatable bonds is 0. The zero-order valence-electron chi connectivity index (χ0n) is 4.89. The third-order valence-electron chi connectivity index (χ3n) is 0.967. The van der Waals surface area contributed by atoms with Crippen LogP contribution in [0.3, 0.4) is 0 Å². The quantitative estimate of drug-likeness (QED) is 0.333. The summed E-state index contributed by atoms with van der Waals surface area (Å²) in [5.74, 6) is 0. The number of hydrogen-bond acceptors (Lipinski definition) is 3. The van der Waals surface area contributed by atoms with Crippen LogP contribution in [0.1, 0.15) is 5.69 Å². The summed E-state index contributed by atoms with van der Waals surface area (Å²) in [5.41, 5.74) is -0.211. The van der Waals surface area contributed by atoms with Crippen molar-refractivity contribution in [2.75, 3.05) is 0 Å². The van der Waals surface area contributed by atoms with Crippen LogP contribution in [-0.2, 0) is 0 Å². The van der Waals surface area contributed by atoms with Gasteiger partial charge in [-0.1, -0.05) is 0 Å². The first kappa shape index (κ1) is 6.29. The van der Waals surface area contributed by atoms with Crippen LogP contribution >= 0.6 is 0 Å². The van der Waals surface area contributed by atoms with Crippen molar-refractivity contribution in [2.24, 2.45) is 0 Å². The summed E-state index contributed by atoms with van der Waals surface area (Å²) in [4.78, 5) is 0.0125. The Kier molecular flexibility index (Phi) is 1.38. The standard InChI is InChI=1S/C5H3N3O2/c6-4-5-2-1-3-7(9)8(5)10/h1-3H. The van der Waals surface area contributed by atoms with E-state index in [-0.39, 0.29) is 15.4 Å². The van der Waals surface area contributed by atoms with Crippen molar-refractivity contribution < 1.29 is 9.69 Å². The van der Waals surface area contributed by atoms with Gasteiger partial charge in [-0.05, 0) is 0 Å². The molecule has 0 radical (unpaired) electrons. The van der Waals surface area contributed by atoms with Crippen molar-refractivity contribution in [1.82, 2.24) is 0 Å². The normalized spacial score (nSPS) is 8.70. The topological polar surface area (TPSA) is 77.7 Å². The van der Waals surface area contributed by atoms with Gasteiger partial charge in [0.25, 0.3) is 6.20 Å². The van der Waals surface area contributed by atoms with Crippen LogP contribution < -0.4 is 9.69 Å². The lowest BCUT2D eigenvalue weighted by Gasteiger charge is -1.94. The zero-order chi connectivity index (χ0) is 7.56. The van der Waals surface area contributed by atoms with Crippen molar-refractivity contribution in [1.29, 1.82) is 5.26 Å². The van der Waals surface area contributed by atoms with E-state index in [0.717, 1.165) is 6.20 Å². The first-order chi connectivity index (χ1) is 4.75. The van der Waals surface area contributed by atoms with Crippen LogP contribution in [0, 0.1) is 21.7 Å². The Hall–Kier alpha value is -1.83. The summed E-state index contributed by atoms with van der Waals surface area (Å²) in [7, 11) is 0. The second-order valence-corrected chi connectivity index (χ2v) is 1.58. The number of nitriles is 1. The highest BCUT2D eigenvalue weighted by atomic mass is 16.6. The van der Waals surface area contributed by atoms with Crippen LogP contribution in [0.5, 0.6) is 0 Å². The molecule has 0 fully saturated rings. The van der Waals surface area contributed by atoms with E-state index < -0.39 is 0 Å². The van der Waals surface area contributed by atoms with Gasteiger partial charge in [-0.15, -0.1) is 0 Å². The van der Waals surface area contributed by atoms with E-state index in [1.807, 2.05) is 0 Å². The van der Waals surface area contributed by atoms with Gasteiger partial charge >= 0.3 is 5.69 Å². The molecule has 5 nitrogen and oxygen atoms in total. The molecule has 1 aromatic rings. The van der Waals surface area contributed by atoms with Crippen LogP contribution in [0.4, 0.5) is 0 Å². The summed E-state index contributed by atoms with van der Waals surface area (Å²) in [6, 6.07) is 4.16. The van der Waals surface area contributed by atoms with Gasteiger partial charge in [-0.2, -0.15) is 5.26 Å². The monoisotopic (exact) mass is 137 g/mol. The van der Waals surface area contributed by atoms with Gasteiger partial charge < -0.3 is 10.4 Å². The highest BCUT2D eigenvalue weighted by Gasteiger charge is 2.09. The maximum Gasteiger partial charge on any atom is 0.364 e. The molecule has 0 saturated carbocycles. The largest absolute Gasteiger partial charge is 0.561 e. The van der Waals surface area contributed by atoms with E-state index in [2.05, 4.69) is 0 Å². The number of hydrogen-bond donors (Lipinski definition) is 0. The second-order valence-electron chi connectivity index (χ2n) is 1.58. The van der Waals surface area contributed by atoms with E-state index in [1.54, 1.807) is 6.07 Å². The van der Waals surface area contributed by atoms with Crippen LogP contribution in [0.2, 0.25) is 0 Å². The molecule has 1 rings (SSSR count). The van der Waals surface area contributed by atoms with Gasteiger partial charge in [0.15, 0.2) is 6.07 Å². The molecule has 10 heavy (non-hydrogen) atoms. The first-order valence-corrected chi connectivity index (χ1v) is 2.48. The summed E-state index contributed by atoms with van der Waals surface area (Å²) in [6.07, 6.45) is 1.02. The van der Waals surface area contributed by atoms with Crippen molar-refractivity contribution in [2.45, 2.75) is 0 Å². The molecule has 0 aliphatic carbocycles. The zero-order valence-corrected chi connectivity index (χ0v) is 4.89. The van der Waals surface area contributed by atoms with Crippen molar-refractivity contribution in [3.63, 3.8) is 0 Å². The highest BCUT2D eigenvalue weighted by molar-refractivity contribution is 5.10. The fourth-order valence-corrected chi connectivity index (χ4v) is 0.518. The maximum absolute atomic E-state index is 10.5. The van der Waals surface area contributed by atoms with Crippen molar-refractivity contribution in [3.8, 4) is 6.07 Å². The van der Waals surface area contributed by atoms with E-state index in [9.17, 15) is 10.4 Å². The van der Waals surface area contributed by atoms with E-state index in [1.165, 1.54) is 12.1 Å². The summed E-state index contributed by atoms with van der Waals surface area (Å²) in [5, 5.41) is 29.2. The highest BCUT2D eigenvalue weighted by Crippen LogP contribution is 1.81. The molecule has 0 saturated heterocycles. The molecule has 0 unspecified atom stereocenters. The van der Waals surface area contributed by atoms with Crippen LogP contribution in [0.15, 0.2) is 18.3 Å². The van der Waals surface area contributed by atoms with Crippen LogP contribution in [-0.4, -0.2) is 0 Å². The molecule has 50 valence electrons. The molecule has 5 heteroatoms. The predicted molar refractivity (Wildman–Crippen MR) is 29.1 cm³/mol. The SMILES string of the molecule is N#Cc1ccc[n+]([O-])[n+]1[O-]. The molecule has 0 bridgehead atoms. The molecule has 0 atom stereocenters. The molecule has 0 amide bonds. The maximum atomic E-state index is 10.5. The van der Waals surface area contributed by atoms with Gasteiger partial charge in [0.2, 0.25) is 0 Å². The fourth-order valence-electron chi connectivity index (χ4n) is 0.518. The van der Waals surface area contributed by atoms with Gasteiger partial charge in [-0.25, -0.2) is 0 Å². The van der Waals surface area contributed by atoms with Gasteiger partial charge in [-0.3, -0.25) is 0 Å². The average Bonchev–Trinajstić information content (AvgIpc) is 1.95. The smallest absolute Gasteiger partial charge is 0.364 e. The predicted octanol–water partition coefficient (Wildman–Crippen LogP) is -1.17. The Morgan fingerprint density at radius 2 is 2.20 bits per heavy atom. The Morgan fingerprint density at radius 1 is 1.50 bits per heavy atom. The van der Waals surface area contributed by atoms with Crippen LogP contribution in [0.25, 0.3) is 0 Å². The second kappa shape index (κ2) is 2.19. The molecule has 0 aromatic carbocycles. The lowest BCUT2D eigenvalue weighted by Crippen LogP contribution is -2.61. The molecule has 0 spiro atoms. The van der Waals surface area contributed by atoms with E-state index in [0.29, 0.717) is 0 Å². The molecule has 1 heterocycles. The number of nitrogens with zero attached hydrogens (tertiary/aromatic N) is 3. The van der Waals surface area contributed by atoms with Gasteiger partial charge in [0.05, 0.1) is 9.69 Å². The lowest BCUT2D eigenvalue weighted by molar-refractivity contribution is -1.19. The third-order valence-corrected chi connectivity index (χ3v) is 0.967. The minimum Gasteiger partial charge on any atom is -0.561 e. The molecule has 1 aromatic heterocycles. The summed E-state index contributed by atoms with van der Waals surface area (Å²) < 4.78 is 0. The Morgan fingerprint density at radius 3 is 2.70 bits per heavy atom. The average molecular weight is 137 g/mol. The first-order valence-electron chi connectivity index (χ1n) is 2.48. The minimum atomic E-state index is -0.211. The minimum absolute atomic E-state index is 0.0278. The van der Waals surface area contributed by atoms with Crippen molar-refractivity contribution >= 4 is 0 Å². The fraction of sp³-hybridized carbons (Fsp3) is 0. The molecule has 0 aliphatic rings. The van der Waals surface area contributed by atoms with Gasteiger partial charge in [0.1, 0.15) is 0 Å². The van der Waals surface area contributed by atoms with Crippen molar-refractivity contribution in [3.05, 3.63) is 34.4 Å². The van der Waals surface area contributed by atoms with Gasteiger partial charge in [0, 0.05) is 12.1 Å². The Bertz CT molecular complexity index is 291. The Labute approximate surface area is 56.5 Å².